The summed E-state index contributed by atoms with van der Waals surface area (Å²) >= 11 is 0. The van der Waals surface area contributed by atoms with Crippen LogP contribution in [-0.2, 0) is 0 Å². The molecule has 0 aliphatic rings. The molecule has 0 saturated carbocycles. The van der Waals surface area contributed by atoms with Crippen LogP contribution in [0.2, 0.25) is 0 Å². The molecule has 0 fully saturated rings. The molecule has 1 atom stereocenters. The first-order valence-electron chi connectivity index (χ1n) is 8.53. The maximum atomic E-state index is 9.29. The minimum Gasteiger partial charge on any atom is -0.508 e. The first kappa shape index (κ1) is 17.1. The second-order valence-corrected chi connectivity index (χ2v) is 6.11. The highest BCUT2D eigenvalue weighted by molar-refractivity contribution is 5.27. The number of aromatic hydroxyl groups is 1. The third-order valence-corrected chi connectivity index (χ3v) is 4.20. The van der Waals surface area contributed by atoms with Crippen molar-refractivity contribution in [3.63, 3.8) is 0 Å². The van der Waals surface area contributed by atoms with Crippen molar-refractivity contribution in [3.8, 4) is 5.75 Å². The summed E-state index contributed by atoms with van der Waals surface area (Å²) < 4.78 is 0. The Morgan fingerprint density at radius 1 is 0.800 bits per heavy atom. The molecule has 1 unspecified atom stereocenters. The van der Waals surface area contributed by atoms with Gasteiger partial charge in [0.2, 0.25) is 0 Å². The summed E-state index contributed by atoms with van der Waals surface area (Å²) in [6.45, 7) is 4.56. The Hall–Kier alpha value is -0.980. The lowest BCUT2D eigenvalue weighted by atomic mass is 9.94. The van der Waals surface area contributed by atoms with Crippen LogP contribution in [0.3, 0.4) is 0 Å². The highest BCUT2D eigenvalue weighted by atomic mass is 16.3. The quantitative estimate of drug-likeness (QED) is 0.462. The van der Waals surface area contributed by atoms with E-state index in [0.29, 0.717) is 11.7 Å². The molecule has 1 nitrogen and oxygen atoms in total. The molecule has 0 heterocycles. The zero-order valence-electron chi connectivity index (χ0n) is 13.4. The van der Waals surface area contributed by atoms with Crippen LogP contribution in [0.15, 0.2) is 24.3 Å². The Kier molecular flexibility index (Phi) is 9.19. The van der Waals surface area contributed by atoms with Gasteiger partial charge in [0.25, 0.3) is 0 Å². The molecule has 0 aliphatic carbocycles. The molecule has 0 saturated heterocycles. The molecular weight excluding hydrogens is 244 g/mol. The summed E-state index contributed by atoms with van der Waals surface area (Å²) in [6, 6.07) is 7.69. The third kappa shape index (κ3) is 7.57. The van der Waals surface area contributed by atoms with E-state index in [4.69, 9.17) is 0 Å². The molecule has 1 rings (SSSR count). The summed E-state index contributed by atoms with van der Waals surface area (Å²) in [5.74, 6) is 0.976. The SMILES string of the molecule is CCCCCCCCCCCC(C)c1ccc(O)cc1. The Balaban J connectivity index is 1.99. The minimum atomic E-state index is 0.365. The van der Waals surface area contributed by atoms with Gasteiger partial charge in [0.1, 0.15) is 5.75 Å². The van der Waals surface area contributed by atoms with Crippen LogP contribution in [0.25, 0.3) is 0 Å². The zero-order valence-corrected chi connectivity index (χ0v) is 13.4. The van der Waals surface area contributed by atoms with Crippen molar-refractivity contribution in [1.82, 2.24) is 0 Å². The van der Waals surface area contributed by atoms with Gasteiger partial charge in [-0.2, -0.15) is 0 Å². The Labute approximate surface area is 125 Å². The zero-order chi connectivity index (χ0) is 14.6. The number of phenols is 1. The molecule has 0 spiro atoms. The van der Waals surface area contributed by atoms with Gasteiger partial charge in [-0.25, -0.2) is 0 Å². The van der Waals surface area contributed by atoms with E-state index in [1.54, 1.807) is 12.1 Å². The van der Waals surface area contributed by atoms with Crippen molar-refractivity contribution < 1.29 is 5.11 Å². The van der Waals surface area contributed by atoms with Gasteiger partial charge in [-0.1, -0.05) is 83.8 Å². The van der Waals surface area contributed by atoms with Crippen LogP contribution < -0.4 is 0 Å². The van der Waals surface area contributed by atoms with E-state index in [0.717, 1.165) is 0 Å². The van der Waals surface area contributed by atoms with Gasteiger partial charge < -0.3 is 5.11 Å². The molecular formula is C19H32O. The van der Waals surface area contributed by atoms with Gasteiger partial charge in [0, 0.05) is 0 Å². The van der Waals surface area contributed by atoms with Crippen molar-refractivity contribution in [1.29, 1.82) is 0 Å². The van der Waals surface area contributed by atoms with Crippen molar-refractivity contribution in [2.24, 2.45) is 0 Å². The first-order valence-corrected chi connectivity index (χ1v) is 8.53. The van der Waals surface area contributed by atoms with E-state index in [9.17, 15) is 5.11 Å². The van der Waals surface area contributed by atoms with Gasteiger partial charge in [-0.3, -0.25) is 0 Å². The second-order valence-electron chi connectivity index (χ2n) is 6.11. The molecule has 1 heteroatoms. The summed E-state index contributed by atoms with van der Waals surface area (Å²) in [4.78, 5) is 0. The second kappa shape index (κ2) is 10.8. The summed E-state index contributed by atoms with van der Waals surface area (Å²) in [5, 5.41) is 9.29. The Morgan fingerprint density at radius 3 is 1.85 bits per heavy atom. The van der Waals surface area contributed by atoms with E-state index in [-0.39, 0.29) is 0 Å². The molecule has 20 heavy (non-hydrogen) atoms. The predicted octanol–water partition coefficient (Wildman–Crippen LogP) is 6.42. The molecule has 0 amide bonds. The maximum Gasteiger partial charge on any atom is 0.115 e. The van der Waals surface area contributed by atoms with Gasteiger partial charge in [0.05, 0.1) is 0 Å². The fourth-order valence-corrected chi connectivity index (χ4v) is 2.73. The smallest absolute Gasteiger partial charge is 0.115 e. The molecule has 1 aromatic carbocycles. The largest absolute Gasteiger partial charge is 0.508 e. The van der Waals surface area contributed by atoms with Gasteiger partial charge >= 0.3 is 0 Å². The van der Waals surface area contributed by atoms with Crippen LogP contribution in [0, 0.1) is 0 Å². The van der Waals surface area contributed by atoms with E-state index >= 15 is 0 Å². The molecule has 0 radical (unpaired) electrons. The lowest BCUT2D eigenvalue weighted by Crippen LogP contribution is -1.93. The fraction of sp³-hybridized carbons (Fsp3) is 0.684. The van der Waals surface area contributed by atoms with E-state index < -0.39 is 0 Å². The van der Waals surface area contributed by atoms with Crippen LogP contribution in [0.5, 0.6) is 5.75 Å². The lowest BCUT2D eigenvalue weighted by molar-refractivity contribution is 0.474. The van der Waals surface area contributed by atoms with Crippen LogP contribution in [0.4, 0.5) is 0 Å². The number of benzene rings is 1. The van der Waals surface area contributed by atoms with Crippen molar-refractivity contribution in [2.75, 3.05) is 0 Å². The number of hydrogen-bond acceptors (Lipinski definition) is 1. The van der Waals surface area contributed by atoms with E-state index in [1.165, 1.54) is 69.8 Å². The number of phenolic OH excluding ortho intramolecular Hbond substituents is 1. The van der Waals surface area contributed by atoms with Gasteiger partial charge in [-0.15, -0.1) is 0 Å². The van der Waals surface area contributed by atoms with E-state index in [1.807, 2.05) is 12.1 Å². The average Bonchev–Trinajstić information content (AvgIpc) is 2.46. The maximum absolute atomic E-state index is 9.29. The third-order valence-electron chi connectivity index (χ3n) is 4.20. The molecule has 114 valence electrons. The van der Waals surface area contributed by atoms with Crippen molar-refractivity contribution >= 4 is 0 Å². The van der Waals surface area contributed by atoms with Crippen LogP contribution >= 0.6 is 0 Å². The van der Waals surface area contributed by atoms with Gasteiger partial charge in [0.15, 0.2) is 0 Å². The number of hydrogen-bond donors (Lipinski definition) is 1. The number of rotatable bonds is 11. The highest BCUT2D eigenvalue weighted by Crippen LogP contribution is 2.24. The van der Waals surface area contributed by atoms with Gasteiger partial charge in [-0.05, 0) is 30.0 Å². The summed E-state index contributed by atoms with van der Waals surface area (Å²) in [7, 11) is 0. The van der Waals surface area contributed by atoms with Crippen LogP contribution in [0.1, 0.15) is 89.5 Å². The fourth-order valence-electron chi connectivity index (χ4n) is 2.73. The monoisotopic (exact) mass is 276 g/mol. The Bertz CT molecular complexity index is 328. The lowest BCUT2D eigenvalue weighted by Gasteiger charge is -2.11. The van der Waals surface area contributed by atoms with Crippen molar-refractivity contribution in [3.05, 3.63) is 29.8 Å². The normalized spacial score (nSPS) is 12.5. The van der Waals surface area contributed by atoms with Crippen molar-refractivity contribution in [2.45, 2.75) is 84.0 Å². The standard InChI is InChI=1S/C19H32O/c1-3-4-5-6-7-8-9-10-11-12-17(2)18-13-15-19(20)16-14-18/h13-17,20H,3-12H2,1-2H3. The Morgan fingerprint density at radius 2 is 1.30 bits per heavy atom. The number of unbranched alkanes of at least 4 members (excludes halogenated alkanes) is 8. The van der Waals surface area contributed by atoms with Crippen LogP contribution in [-0.4, -0.2) is 5.11 Å². The summed E-state index contributed by atoms with van der Waals surface area (Å²) in [5.41, 5.74) is 1.35. The topological polar surface area (TPSA) is 20.2 Å². The average molecular weight is 276 g/mol. The predicted molar refractivity (Wildman–Crippen MR) is 88.4 cm³/mol. The molecule has 0 aliphatic heterocycles. The minimum absolute atomic E-state index is 0.365. The molecule has 1 aromatic rings. The molecule has 0 bridgehead atoms. The first-order chi connectivity index (χ1) is 9.74. The summed E-state index contributed by atoms with van der Waals surface area (Å²) in [6.07, 6.45) is 13.8. The molecule has 0 aromatic heterocycles. The van der Waals surface area contributed by atoms with E-state index in [2.05, 4.69) is 13.8 Å². The molecule has 1 N–H and O–H groups in total. The highest BCUT2D eigenvalue weighted by Gasteiger charge is 2.04.